The normalized spacial score (nSPS) is 22.2. The van der Waals surface area contributed by atoms with Gasteiger partial charge in [-0.25, -0.2) is 14.5 Å². The van der Waals surface area contributed by atoms with E-state index in [2.05, 4.69) is 0 Å². The molecule has 1 aliphatic rings. The maximum Gasteiger partial charge on any atom is 0.415 e. The third-order valence-corrected chi connectivity index (χ3v) is 1.84. The Morgan fingerprint density at radius 3 is 2.38 bits per heavy atom. The van der Waals surface area contributed by atoms with E-state index in [0.717, 1.165) is 0 Å². The van der Waals surface area contributed by atoms with Gasteiger partial charge in [-0.3, -0.25) is 5.41 Å². The predicted octanol–water partition coefficient (Wildman–Crippen LogP) is -0.700. The maximum absolute atomic E-state index is 10.6. The highest BCUT2D eigenvalue weighted by Crippen LogP contribution is 2.13. The Morgan fingerprint density at radius 2 is 2.08 bits per heavy atom. The minimum absolute atomic E-state index is 0.0144. The van der Waals surface area contributed by atoms with E-state index in [1.807, 2.05) is 0 Å². The second-order valence-corrected chi connectivity index (χ2v) is 2.71. The number of carbonyl (C=O) groups is 2. The topological polar surface area (TPSA) is 105 Å². The zero-order chi connectivity index (χ0) is 10.2. The number of nitrogens with one attached hydrogen (secondary N) is 1. The summed E-state index contributed by atoms with van der Waals surface area (Å²) in [7, 11) is 1.47. The molecule has 72 valence electrons. The van der Waals surface area contributed by atoms with E-state index < -0.39 is 18.1 Å². The Bertz CT molecular complexity index is 277. The van der Waals surface area contributed by atoms with Crippen LogP contribution in [0.25, 0.3) is 0 Å². The molecule has 3 N–H and O–H groups in total. The van der Waals surface area contributed by atoms with Crippen LogP contribution in [0.3, 0.4) is 0 Å². The van der Waals surface area contributed by atoms with Gasteiger partial charge in [0.15, 0.2) is 6.04 Å². The SMILES string of the molecule is CN1CC(C(=O)O)N(C(=O)O)C1=N. The standard InChI is InChI=1S/C6H9N3O4/c1-8-2-3(4(10)11)9(5(8)7)6(12)13/h3,7H,2H2,1H3,(H,10,11)(H,12,13). The van der Waals surface area contributed by atoms with Gasteiger partial charge in [-0.05, 0) is 0 Å². The number of aliphatic carboxylic acids is 1. The number of hydrogen-bond donors (Lipinski definition) is 3. The molecule has 0 aliphatic carbocycles. The van der Waals surface area contributed by atoms with Gasteiger partial charge in [-0.15, -0.1) is 0 Å². The number of guanidine groups is 1. The quantitative estimate of drug-likeness (QED) is 0.503. The summed E-state index contributed by atoms with van der Waals surface area (Å²) in [5, 5.41) is 24.5. The number of likely N-dealkylation sites (N-methyl/N-ethyl adjacent to an activating group) is 1. The number of amides is 1. The van der Waals surface area contributed by atoms with E-state index in [4.69, 9.17) is 15.6 Å². The van der Waals surface area contributed by atoms with Gasteiger partial charge in [0.2, 0.25) is 5.96 Å². The van der Waals surface area contributed by atoms with E-state index in [0.29, 0.717) is 4.90 Å². The fourth-order valence-corrected chi connectivity index (χ4v) is 1.17. The summed E-state index contributed by atoms with van der Waals surface area (Å²) in [6.45, 7) is 0.0144. The van der Waals surface area contributed by atoms with Crippen molar-refractivity contribution in [2.45, 2.75) is 6.04 Å². The van der Waals surface area contributed by atoms with E-state index in [1.54, 1.807) is 0 Å². The highest BCUT2D eigenvalue weighted by atomic mass is 16.4. The molecule has 1 atom stereocenters. The summed E-state index contributed by atoms with van der Waals surface area (Å²) in [6.07, 6.45) is -1.42. The monoisotopic (exact) mass is 187 g/mol. The van der Waals surface area contributed by atoms with Gasteiger partial charge < -0.3 is 15.1 Å². The number of rotatable bonds is 1. The number of nitrogens with zero attached hydrogens (tertiary/aromatic N) is 2. The average molecular weight is 187 g/mol. The zero-order valence-corrected chi connectivity index (χ0v) is 6.89. The van der Waals surface area contributed by atoms with Crippen molar-refractivity contribution in [3.8, 4) is 0 Å². The molecule has 7 nitrogen and oxygen atoms in total. The molecule has 0 bridgehead atoms. The summed E-state index contributed by atoms with van der Waals surface area (Å²) < 4.78 is 0. The highest BCUT2D eigenvalue weighted by Gasteiger charge is 2.41. The third kappa shape index (κ3) is 1.40. The molecule has 0 aromatic carbocycles. The maximum atomic E-state index is 10.6. The summed E-state index contributed by atoms with van der Waals surface area (Å²) in [6, 6.07) is -1.17. The summed E-state index contributed by atoms with van der Waals surface area (Å²) in [5.74, 6) is -1.54. The largest absolute Gasteiger partial charge is 0.480 e. The molecule has 1 aliphatic heterocycles. The molecular formula is C6H9N3O4. The van der Waals surface area contributed by atoms with Crippen molar-refractivity contribution < 1.29 is 19.8 Å². The Balaban J connectivity index is 2.93. The highest BCUT2D eigenvalue weighted by molar-refractivity contribution is 5.98. The molecular weight excluding hydrogens is 178 g/mol. The van der Waals surface area contributed by atoms with Crippen molar-refractivity contribution in [2.24, 2.45) is 0 Å². The molecule has 0 radical (unpaired) electrons. The fraction of sp³-hybridized carbons (Fsp3) is 0.500. The summed E-state index contributed by atoms with van der Waals surface area (Å²) in [5.41, 5.74) is 0. The van der Waals surface area contributed by atoms with Gasteiger partial charge >= 0.3 is 12.1 Å². The van der Waals surface area contributed by atoms with E-state index in [-0.39, 0.29) is 12.5 Å². The smallest absolute Gasteiger partial charge is 0.415 e. The Kier molecular flexibility index (Phi) is 2.09. The van der Waals surface area contributed by atoms with Crippen molar-refractivity contribution >= 4 is 18.0 Å². The molecule has 7 heteroatoms. The molecule has 0 aromatic heterocycles. The Labute approximate surface area is 73.7 Å². The van der Waals surface area contributed by atoms with E-state index in [9.17, 15) is 9.59 Å². The van der Waals surface area contributed by atoms with Crippen LogP contribution in [-0.2, 0) is 4.79 Å². The van der Waals surface area contributed by atoms with Gasteiger partial charge in [0, 0.05) is 7.05 Å². The molecule has 1 heterocycles. The Hall–Kier alpha value is -1.79. The van der Waals surface area contributed by atoms with Crippen molar-refractivity contribution in [3.05, 3.63) is 0 Å². The minimum atomic E-state index is -1.42. The van der Waals surface area contributed by atoms with Crippen molar-refractivity contribution in [3.63, 3.8) is 0 Å². The lowest BCUT2D eigenvalue weighted by molar-refractivity contribution is -0.140. The summed E-state index contributed by atoms with van der Waals surface area (Å²) >= 11 is 0. The van der Waals surface area contributed by atoms with Crippen molar-refractivity contribution in [2.75, 3.05) is 13.6 Å². The molecule has 0 saturated carbocycles. The van der Waals surface area contributed by atoms with Crippen LogP contribution in [0.4, 0.5) is 4.79 Å². The predicted molar refractivity (Wildman–Crippen MR) is 41.6 cm³/mol. The third-order valence-electron chi connectivity index (χ3n) is 1.84. The number of carboxylic acid groups (broad SMARTS) is 2. The van der Waals surface area contributed by atoms with Gasteiger partial charge in [0.05, 0.1) is 6.54 Å². The van der Waals surface area contributed by atoms with Crippen LogP contribution in [0.1, 0.15) is 0 Å². The lowest BCUT2D eigenvalue weighted by Gasteiger charge is -2.15. The first-order valence-corrected chi connectivity index (χ1v) is 3.49. The van der Waals surface area contributed by atoms with Crippen LogP contribution < -0.4 is 0 Å². The zero-order valence-electron chi connectivity index (χ0n) is 6.89. The van der Waals surface area contributed by atoms with E-state index in [1.165, 1.54) is 11.9 Å². The van der Waals surface area contributed by atoms with Gasteiger partial charge in [0.25, 0.3) is 0 Å². The molecule has 0 spiro atoms. The van der Waals surface area contributed by atoms with Crippen LogP contribution in [0, 0.1) is 5.41 Å². The minimum Gasteiger partial charge on any atom is -0.480 e. The van der Waals surface area contributed by atoms with Gasteiger partial charge in [0.1, 0.15) is 0 Å². The molecule has 0 aromatic rings. The molecule has 13 heavy (non-hydrogen) atoms. The number of hydrogen-bond acceptors (Lipinski definition) is 3. The molecule has 1 amide bonds. The second-order valence-electron chi connectivity index (χ2n) is 2.71. The van der Waals surface area contributed by atoms with Crippen molar-refractivity contribution in [1.82, 2.24) is 9.80 Å². The molecule has 1 rings (SSSR count). The first-order chi connectivity index (χ1) is 5.95. The second kappa shape index (κ2) is 2.92. The lowest BCUT2D eigenvalue weighted by atomic mass is 10.3. The first-order valence-electron chi connectivity index (χ1n) is 3.49. The molecule has 1 saturated heterocycles. The van der Waals surface area contributed by atoms with Crippen LogP contribution in [0.15, 0.2) is 0 Å². The van der Waals surface area contributed by atoms with Crippen molar-refractivity contribution in [1.29, 1.82) is 5.41 Å². The summed E-state index contributed by atoms with van der Waals surface area (Å²) in [4.78, 5) is 22.9. The Morgan fingerprint density at radius 1 is 1.54 bits per heavy atom. The van der Waals surface area contributed by atoms with Crippen LogP contribution in [0.5, 0.6) is 0 Å². The van der Waals surface area contributed by atoms with Gasteiger partial charge in [-0.1, -0.05) is 0 Å². The molecule has 1 fully saturated rings. The van der Waals surface area contributed by atoms with Crippen LogP contribution in [0.2, 0.25) is 0 Å². The fourth-order valence-electron chi connectivity index (χ4n) is 1.17. The first kappa shape index (κ1) is 9.30. The lowest BCUT2D eigenvalue weighted by Crippen LogP contribution is -2.43. The van der Waals surface area contributed by atoms with Crippen LogP contribution >= 0.6 is 0 Å². The average Bonchev–Trinajstić information content (AvgIpc) is 2.28. The number of carboxylic acids is 1. The van der Waals surface area contributed by atoms with Gasteiger partial charge in [-0.2, -0.15) is 0 Å². The van der Waals surface area contributed by atoms with Crippen LogP contribution in [-0.4, -0.2) is 57.7 Å². The molecule has 1 unspecified atom stereocenters. The van der Waals surface area contributed by atoms with E-state index >= 15 is 0 Å².